The molecule has 0 amide bonds. The van der Waals surface area contributed by atoms with Gasteiger partial charge in [-0.2, -0.15) is 4.98 Å². The van der Waals surface area contributed by atoms with Crippen LogP contribution < -0.4 is 20.9 Å². The van der Waals surface area contributed by atoms with E-state index in [4.69, 9.17) is 4.98 Å². The van der Waals surface area contributed by atoms with E-state index in [0.29, 0.717) is 11.9 Å². The maximum Gasteiger partial charge on any atom is 0.229 e. The number of likely N-dealkylation sites (tertiary alicyclic amines) is 1. The van der Waals surface area contributed by atoms with Gasteiger partial charge in [-0.1, -0.05) is 12.1 Å². The van der Waals surface area contributed by atoms with Crippen molar-refractivity contribution < 1.29 is 5.11 Å². The highest BCUT2D eigenvalue weighted by Gasteiger charge is 2.20. The second-order valence-electron chi connectivity index (χ2n) is 9.72. The first-order chi connectivity index (χ1) is 17.7. The van der Waals surface area contributed by atoms with Crippen LogP contribution in [-0.4, -0.2) is 72.4 Å². The van der Waals surface area contributed by atoms with Crippen LogP contribution in [0.5, 0.6) is 0 Å². The van der Waals surface area contributed by atoms with Gasteiger partial charge in [0.25, 0.3) is 0 Å². The highest BCUT2D eigenvalue weighted by Crippen LogP contribution is 2.30. The van der Waals surface area contributed by atoms with Crippen molar-refractivity contribution in [2.75, 3.05) is 68.0 Å². The summed E-state index contributed by atoms with van der Waals surface area (Å²) in [4.78, 5) is 14.0. The van der Waals surface area contributed by atoms with E-state index in [1.54, 1.807) is 0 Å². The molecule has 2 aliphatic heterocycles. The van der Waals surface area contributed by atoms with Crippen LogP contribution in [0.3, 0.4) is 0 Å². The zero-order chi connectivity index (χ0) is 24.7. The Balaban J connectivity index is 1.23. The van der Waals surface area contributed by atoms with E-state index in [1.165, 1.54) is 11.3 Å². The summed E-state index contributed by atoms with van der Waals surface area (Å²) in [5.41, 5.74) is 5.61. The molecular formula is C28H37N7O. The third kappa shape index (κ3) is 6.13. The molecule has 0 saturated carbocycles. The zero-order valence-electron chi connectivity index (χ0n) is 21.1. The lowest BCUT2D eigenvalue weighted by molar-refractivity contribution is 0.164. The summed E-state index contributed by atoms with van der Waals surface area (Å²) < 4.78 is 0. The lowest BCUT2D eigenvalue weighted by atomic mass is 9.89. The average Bonchev–Trinajstić information content (AvgIpc) is 2.92. The first-order valence-corrected chi connectivity index (χ1v) is 13.0. The molecule has 2 saturated heterocycles. The second kappa shape index (κ2) is 11.7. The summed E-state index contributed by atoms with van der Waals surface area (Å²) in [7, 11) is 0. The molecule has 5 rings (SSSR count). The predicted octanol–water partition coefficient (Wildman–Crippen LogP) is 3.85. The van der Waals surface area contributed by atoms with Crippen LogP contribution in [0.25, 0.3) is 0 Å². The second-order valence-corrected chi connectivity index (χ2v) is 9.72. The Bertz CT molecular complexity index is 1120. The van der Waals surface area contributed by atoms with Crippen molar-refractivity contribution in [2.45, 2.75) is 25.7 Å². The summed E-state index contributed by atoms with van der Waals surface area (Å²) >= 11 is 0. The molecule has 0 unspecified atom stereocenters. The first-order valence-electron chi connectivity index (χ1n) is 13.0. The summed E-state index contributed by atoms with van der Waals surface area (Å²) in [6, 6.07) is 17.2. The van der Waals surface area contributed by atoms with Gasteiger partial charge in [-0.3, -0.25) is 0 Å². The van der Waals surface area contributed by atoms with Crippen LogP contribution in [0.2, 0.25) is 0 Å². The molecule has 3 heterocycles. The molecule has 1 aromatic heterocycles. The molecule has 0 radical (unpaired) electrons. The molecule has 2 fully saturated rings. The topological polar surface area (TPSA) is 88.6 Å². The summed E-state index contributed by atoms with van der Waals surface area (Å²) in [5, 5.41) is 19.5. The number of nitrogens with zero attached hydrogens (tertiary/aromatic N) is 4. The van der Waals surface area contributed by atoms with Gasteiger partial charge in [0.15, 0.2) is 0 Å². The molecule has 2 aromatic carbocycles. The van der Waals surface area contributed by atoms with Gasteiger partial charge in [-0.15, -0.1) is 0 Å². The van der Waals surface area contributed by atoms with Crippen LogP contribution in [0, 0.1) is 6.92 Å². The fraction of sp³-hybridized carbons (Fsp3) is 0.429. The summed E-state index contributed by atoms with van der Waals surface area (Å²) in [6.45, 7) is 9.24. The number of β-amino-alcohol motifs (C(OH)–C–C–N with tert-alkyl or cyclic N) is 1. The van der Waals surface area contributed by atoms with E-state index < -0.39 is 0 Å². The first kappa shape index (κ1) is 24.5. The predicted molar refractivity (Wildman–Crippen MR) is 147 cm³/mol. The quantitative estimate of drug-likeness (QED) is 0.381. The molecule has 2 aliphatic rings. The molecule has 36 heavy (non-hydrogen) atoms. The van der Waals surface area contributed by atoms with E-state index in [0.717, 1.165) is 81.4 Å². The molecule has 0 atom stereocenters. The van der Waals surface area contributed by atoms with Crippen molar-refractivity contribution in [3.05, 3.63) is 65.9 Å². The highest BCUT2D eigenvalue weighted by molar-refractivity contribution is 5.64. The van der Waals surface area contributed by atoms with Gasteiger partial charge in [0.1, 0.15) is 5.82 Å². The van der Waals surface area contributed by atoms with Crippen molar-refractivity contribution in [2.24, 2.45) is 0 Å². The van der Waals surface area contributed by atoms with E-state index in [9.17, 15) is 5.11 Å². The van der Waals surface area contributed by atoms with E-state index in [-0.39, 0.29) is 6.61 Å². The molecule has 8 nitrogen and oxygen atoms in total. The van der Waals surface area contributed by atoms with Crippen LogP contribution in [0.4, 0.5) is 28.8 Å². The van der Waals surface area contributed by atoms with Gasteiger partial charge in [-0.25, -0.2) is 4.98 Å². The Labute approximate surface area is 213 Å². The molecule has 8 heteroatoms. The lowest BCUT2D eigenvalue weighted by Crippen LogP contribution is -2.43. The fourth-order valence-corrected chi connectivity index (χ4v) is 5.07. The van der Waals surface area contributed by atoms with Crippen LogP contribution >= 0.6 is 0 Å². The summed E-state index contributed by atoms with van der Waals surface area (Å²) in [6.07, 6.45) is 4.10. The maximum absolute atomic E-state index is 9.19. The van der Waals surface area contributed by atoms with Crippen LogP contribution in [-0.2, 0) is 0 Å². The van der Waals surface area contributed by atoms with Crippen LogP contribution in [0.15, 0.2) is 54.7 Å². The number of aliphatic hydroxyl groups excluding tert-OH is 1. The van der Waals surface area contributed by atoms with Crippen LogP contribution in [0.1, 0.15) is 29.9 Å². The number of benzene rings is 2. The number of anilines is 5. The lowest BCUT2D eigenvalue weighted by Gasteiger charge is -2.31. The molecule has 190 valence electrons. The van der Waals surface area contributed by atoms with Gasteiger partial charge in [0.05, 0.1) is 6.61 Å². The van der Waals surface area contributed by atoms with Crippen molar-refractivity contribution in [1.82, 2.24) is 20.2 Å². The smallest absolute Gasteiger partial charge is 0.229 e. The number of nitrogens with one attached hydrogen (secondary N) is 3. The molecular weight excluding hydrogens is 450 g/mol. The number of rotatable bonds is 8. The minimum absolute atomic E-state index is 0.237. The SMILES string of the molecule is Cc1cnc(Nc2ccc(N3CCNCC3)cc2)nc1Nc1cccc(C2CCN(CCO)CC2)c1. The summed E-state index contributed by atoms with van der Waals surface area (Å²) in [5.74, 6) is 1.93. The van der Waals surface area contributed by atoms with Gasteiger partial charge in [-0.05, 0) is 80.7 Å². The Hall–Kier alpha value is -3.20. The number of hydrogen-bond donors (Lipinski definition) is 4. The molecule has 0 spiro atoms. The monoisotopic (exact) mass is 487 g/mol. The average molecular weight is 488 g/mol. The maximum atomic E-state index is 9.19. The number of aromatic nitrogens is 2. The zero-order valence-corrected chi connectivity index (χ0v) is 21.1. The number of piperazine rings is 1. The van der Waals surface area contributed by atoms with Crippen molar-refractivity contribution >= 4 is 28.8 Å². The van der Waals surface area contributed by atoms with Gasteiger partial charge >= 0.3 is 0 Å². The van der Waals surface area contributed by atoms with Gasteiger partial charge < -0.3 is 30.9 Å². The number of aliphatic hydroxyl groups is 1. The minimum atomic E-state index is 0.237. The highest BCUT2D eigenvalue weighted by atomic mass is 16.3. The number of hydrogen-bond acceptors (Lipinski definition) is 8. The Morgan fingerprint density at radius 3 is 2.50 bits per heavy atom. The molecule has 3 aromatic rings. The van der Waals surface area contributed by atoms with E-state index >= 15 is 0 Å². The Morgan fingerprint density at radius 2 is 1.75 bits per heavy atom. The third-order valence-electron chi connectivity index (χ3n) is 7.20. The Kier molecular flexibility index (Phi) is 7.95. The molecule has 4 N–H and O–H groups in total. The standard InChI is InChI=1S/C28H37N7O/c1-21-20-30-28(32-24-5-7-26(8-6-24)35-15-11-29-12-16-35)33-27(21)31-25-4-2-3-23(19-25)22-9-13-34(14-10-22)17-18-36/h2-8,19-20,22,29,36H,9-18H2,1H3,(H2,30,31,32,33). The van der Waals surface area contributed by atoms with E-state index in [1.807, 2.05) is 13.1 Å². The third-order valence-corrected chi connectivity index (χ3v) is 7.20. The largest absolute Gasteiger partial charge is 0.395 e. The number of piperidine rings is 1. The fourth-order valence-electron chi connectivity index (χ4n) is 5.07. The van der Waals surface area contributed by atoms with Crippen molar-refractivity contribution in [3.8, 4) is 0 Å². The minimum Gasteiger partial charge on any atom is -0.395 e. The normalized spacial score (nSPS) is 17.2. The van der Waals surface area contributed by atoms with E-state index in [2.05, 4.69) is 79.3 Å². The Morgan fingerprint density at radius 1 is 0.972 bits per heavy atom. The van der Waals surface area contributed by atoms with Crippen molar-refractivity contribution in [3.63, 3.8) is 0 Å². The molecule has 0 bridgehead atoms. The van der Waals surface area contributed by atoms with Crippen molar-refractivity contribution in [1.29, 1.82) is 0 Å². The van der Waals surface area contributed by atoms with Gasteiger partial charge in [0.2, 0.25) is 5.95 Å². The molecule has 0 aliphatic carbocycles. The van der Waals surface area contributed by atoms with Gasteiger partial charge in [0, 0.05) is 61.5 Å². The number of aryl methyl sites for hydroxylation is 1.